The van der Waals surface area contributed by atoms with Crippen molar-refractivity contribution in [2.45, 2.75) is 33.6 Å². The van der Waals surface area contributed by atoms with Gasteiger partial charge in [0.25, 0.3) is 0 Å². The molecular weight excluding hydrogens is 160 g/mol. The predicted molar refractivity (Wildman–Crippen MR) is 56.0 cm³/mol. The van der Waals surface area contributed by atoms with E-state index in [4.69, 9.17) is 0 Å². The number of hydrogen-bond acceptors (Lipinski definition) is 1. The molecule has 0 heterocycles. The van der Waals surface area contributed by atoms with Crippen LogP contribution in [-0.4, -0.2) is 5.11 Å². The van der Waals surface area contributed by atoms with E-state index in [1.807, 2.05) is 6.07 Å². The lowest BCUT2D eigenvalue weighted by molar-refractivity contribution is 0.462. The molecule has 0 amide bonds. The Balaban J connectivity index is 2.90. The van der Waals surface area contributed by atoms with Crippen molar-refractivity contribution in [3.8, 4) is 5.75 Å². The van der Waals surface area contributed by atoms with Crippen LogP contribution in [0.15, 0.2) is 18.2 Å². The number of aryl methyl sites for hydroxylation is 1. The van der Waals surface area contributed by atoms with E-state index < -0.39 is 0 Å². The maximum absolute atomic E-state index is 9.58. The number of rotatable bonds is 3. The summed E-state index contributed by atoms with van der Waals surface area (Å²) in [6, 6.07) is 5.89. The smallest absolute Gasteiger partial charge is 0.118 e. The van der Waals surface area contributed by atoms with Crippen LogP contribution in [0.25, 0.3) is 0 Å². The molecule has 0 bridgehead atoms. The first-order chi connectivity index (χ1) is 6.13. The van der Waals surface area contributed by atoms with Gasteiger partial charge in [0.15, 0.2) is 0 Å². The summed E-state index contributed by atoms with van der Waals surface area (Å²) in [4.78, 5) is 0. The molecule has 0 radical (unpaired) electrons. The van der Waals surface area contributed by atoms with Crippen molar-refractivity contribution in [2.24, 2.45) is 5.92 Å². The van der Waals surface area contributed by atoms with E-state index in [9.17, 15) is 5.11 Å². The van der Waals surface area contributed by atoms with Crippen LogP contribution in [-0.2, 0) is 12.8 Å². The first-order valence-corrected chi connectivity index (χ1v) is 4.94. The number of benzene rings is 1. The van der Waals surface area contributed by atoms with Crippen molar-refractivity contribution < 1.29 is 5.11 Å². The Morgan fingerprint density at radius 2 is 2.00 bits per heavy atom. The molecule has 72 valence electrons. The van der Waals surface area contributed by atoms with E-state index >= 15 is 0 Å². The fourth-order valence-corrected chi connectivity index (χ4v) is 1.46. The minimum absolute atomic E-state index is 0.436. The van der Waals surface area contributed by atoms with Gasteiger partial charge in [-0.05, 0) is 36.0 Å². The van der Waals surface area contributed by atoms with Crippen LogP contribution in [0.1, 0.15) is 31.9 Å². The van der Waals surface area contributed by atoms with Gasteiger partial charge in [0, 0.05) is 0 Å². The van der Waals surface area contributed by atoms with Crippen LogP contribution >= 0.6 is 0 Å². The maximum Gasteiger partial charge on any atom is 0.118 e. The van der Waals surface area contributed by atoms with Gasteiger partial charge in [-0.25, -0.2) is 0 Å². The fraction of sp³-hybridized carbons (Fsp3) is 0.500. The number of aromatic hydroxyl groups is 1. The lowest BCUT2D eigenvalue weighted by Gasteiger charge is -2.08. The van der Waals surface area contributed by atoms with Crippen molar-refractivity contribution in [3.63, 3.8) is 0 Å². The Bertz CT molecular complexity index is 276. The van der Waals surface area contributed by atoms with E-state index in [0.29, 0.717) is 11.7 Å². The van der Waals surface area contributed by atoms with Crippen LogP contribution in [0.5, 0.6) is 5.75 Å². The van der Waals surface area contributed by atoms with E-state index in [1.165, 1.54) is 5.56 Å². The normalized spacial score (nSPS) is 10.8. The molecule has 0 saturated carbocycles. The maximum atomic E-state index is 9.58. The average molecular weight is 178 g/mol. The molecule has 0 aliphatic rings. The van der Waals surface area contributed by atoms with Gasteiger partial charge in [-0.1, -0.05) is 32.9 Å². The highest BCUT2D eigenvalue weighted by Crippen LogP contribution is 2.21. The zero-order valence-corrected chi connectivity index (χ0v) is 8.67. The Hall–Kier alpha value is -0.980. The second kappa shape index (κ2) is 4.31. The summed E-state index contributed by atoms with van der Waals surface area (Å²) in [6.07, 6.45) is 1.99. The van der Waals surface area contributed by atoms with Gasteiger partial charge >= 0.3 is 0 Å². The molecule has 0 aromatic heterocycles. The van der Waals surface area contributed by atoms with E-state index in [1.54, 1.807) is 6.07 Å². The van der Waals surface area contributed by atoms with Crippen molar-refractivity contribution in [1.82, 2.24) is 0 Å². The molecule has 1 heteroatoms. The fourth-order valence-electron chi connectivity index (χ4n) is 1.46. The summed E-state index contributed by atoms with van der Waals surface area (Å²) in [5.74, 6) is 1.03. The van der Waals surface area contributed by atoms with Gasteiger partial charge in [0.1, 0.15) is 5.75 Å². The third-order valence-electron chi connectivity index (χ3n) is 2.18. The van der Waals surface area contributed by atoms with Crippen LogP contribution in [0, 0.1) is 5.92 Å². The van der Waals surface area contributed by atoms with E-state index in [0.717, 1.165) is 18.4 Å². The third-order valence-corrected chi connectivity index (χ3v) is 2.18. The van der Waals surface area contributed by atoms with Crippen LogP contribution < -0.4 is 0 Å². The molecule has 0 atom stereocenters. The molecule has 13 heavy (non-hydrogen) atoms. The highest BCUT2D eigenvalue weighted by Gasteiger charge is 2.04. The number of phenolic OH excluding ortho intramolecular Hbond substituents is 1. The van der Waals surface area contributed by atoms with Crippen LogP contribution in [0.4, 0.5) is 0 Å². The highest BCUT2D eigenvalue weighted by atomic mass is 16.3. The molecule has 0 aliphatic heterocycles. The second-order valence-corrected chi connectivity index (χ2v) is 3.91. The first kappa shape index (κ1) is 10.1. The summed E-state index contributed by atoms with van der Waals surface area (Å²) in [7, 11) is 0. The van der Waals surface area contributed by atoms with Crippen molar-refractivity contribution in [3.05, 3.63) is 29.3 Å². The van der Waals surface area contributed by atoms with Gasteiger partial charge in [0.05, 0.1) is 0 Å². The summed E-state index contributed by atoms with van der Waals surface area (Å²) in [6.45, 7) is 6.46. The molecule has 1 aromatic carbocycles. The van der Waals surface area contributed by atoms with Crippen LogP contribution in [0.2, 0.25) is 0 Å². The Labute approximate surface area is 80.4 Å². The van der Waals surface area contributed by atoms with Gasteiger partial charge in [0.2, 0.25) is 0 Å². The molecule has 1 N–H and O–H groups in total. The molecule has 0 spiro atoms. The van der Waals surface area contributed by atoms with Crippen molar-refractivity contribution in [2.75, 3.05) is 0 Å². The minimum atomic E-state index is 0.436. The minimum Gasteiger partial charge on any atom is -0.508 e. The molecule has 1 aromatic rings. The van der Waals surface area contributed by atoms with E-state index in [2.05, 4.69) is 26.8 Å². The van der Waals surface area contributed by atoms with Gasteiger partial charge < -0.3 is 5.11 Å². The SMILES string of the molecule is CCc1ccc(O)c(CC(C)C)c1. The zero-order chi connectivity index (χ0) is 9.84. The molecule has 1 nitrogen and oxygen atoms in total. The molecule has 1 rings (SSSR count). The molecule has 0 unspecified atom stereocenters. The monoisotopic (exact) mass is 178 g/mol. The quantitative estimate of drug-likeness (QED) is 0.753. The Morgan fingerprint density at radius 1 is 1.31 bits per heavy atom. The first-order valence-electron chi connectivity index (χ1n) is 4.94. The summed E-state index contributed by atoms with van der Waals surface area (Å²) in [5, 5.41) is 9.58. The largest absolute Gasteiger partial charge is 0.508 e. The molecule has 0 saturated heterocycles. The number of phenols is 1. The average Bonchev–Trinajstić information content (AvgIpc) is 2.08. The summed E-state index contributed by atoms with van der Waals surface area (Å²) < 4.78 is 0. The Kier molecular flexibility index (Phi) is 3.35. The van der Waals surface area contributed by atoms with Crippen molar-refractivity contribution in [1.29, 1.82) is 0 Å². The number of hydrogen-bond donors (Lipinski definition) is 1. The van der Waals surface area contributed by atoms with Crippen LogP contribution in [0.3, 0.4) is 0 Å². The molecular formula is C12H18O. The van der Waals surface area contributed by atoms with E-state index in [-0.39, 0.29) is 0 Å². The predicted octanol–water partition coefficient (Wildman–Crippen LogP) is 3.15. The van der Waals surface area contributed by atoms with Gasteiger partial charge in [-0.15, -0.1) is 0 Å². The van der Waals surface area contributed by atoms with Gasteiger partial charge in [-0.2, -0.15) is 0 Å². The highest BCUT2D eigenvalue weighted by molar-refractivity contribution is 5.36. The van der Waals surface area contributed by atoms with Crippen molar-refractivity contribution >= 4 is 0 Å². The zero-order valence-electron chi connectivity index (χ0n) is 8.67. The lowest BCUT2D eigenvalue weighted by Crippen LogP contribution is -1.95. The molecule has 0 fully saturated rings. The second-order valence-electron chi connectivity index (χ2n) is 3.91. The summed E-state index contributed by atoms with van der Waals surface area (Å²) >= 11 is 0. The Morgan fingerprint density at radius 3 is 2.54 bits per heavy atom. The lowest BCUT2D eigenvalue weighted by atomic mass is 9.99. The van der Waals surface area contributed by atoms with Gasteiger partial charge in [-0.3, -0.25) is 0 Å². The molecule has 0 aliphatic carbocycles. The third kappa shape index (κ3) is 2.76. The topological polar surface area (TPSA) is 20.2 Å². The standard InChI is InChI=1S/C12H18O/c1-4-10-5-6-12(13)11(8-10)7-9(2)3/h5-6,8-9,13H,4,7H2,1-3H3. The summed E-state index contributed by atoms with van der Waals surface area (Å²) in [5.41, 5.74) is 2.38.